The topological polar surface area (TPSA) is 49.7 Å². The van der Waals surface area contributed by atoms with Crippen molar-refractivity contribution in [2.75, 3.05) is 6.54 Å². The molecule has 0 fully saturated rings. The van der Waals surface area contributed by atoms with Crippen LogP contribution in [-0.2, 0) is 4.79 Å². The summed E-state index contributed by atoms with van der Waals surface area (Å²) in [5.41, 5.74) is 0. The van der Waals surface area contributed by atoms with E-state index in [9.17, 15) is 4.79 Å². The fourth-order valence-electron chi connectivity index (χ4n) is 0.137. The molecule has 0 aliphatic heterocycles. The molecule has 0 aliphatic rings. The summed E-state index contributed by atoms with van der Waals surface area (Å²) in [6.45, 7) is 0.208. The van der Waals surface area contributed by atoms with Crippen molar-refractivity contribution in [1.82, 2.24) is 0 Å². The molecule has 0 aromatic rings. The van der Waals surface area contributed by atoms with E-state index in [2.05, 4.69) is 4.99 Å². The summed E-state index contributed by atoms with van der Waals surface area (Å²) in [5.74, 6) is 0. The summed E-state index contributed by atoms with van der Waals surface area (Å²) >= 11 is 0. The van der Waals surface area contributed by atoms with Crippen LogP contribution in [0.25, 0.3) is 0 Å². The van der Waals surface area contributed by atoms with E-state index < -0.39 is 0 Å². The smallest absolute Gasteiger partial charge is 0.235 e. The van der Waals surface area contributed by atoms with E-state index in [1.54, 1.807) is 0 Å². The van der Waals surface area contributed by atoms with Crippen LogP contribution in [0.15, 0.2) is 17.3 Å². The minimum atomic E-state index is 0.208. The molecule has 0 radical (unpaired) electrons. The van der Waals surface area contributed by atoms with E-state index in [-0.39, 0.29) is 6.54 Å². The van der Waals surface area contributed by atoms with Crippen molar-refractivity contribution >= 4 is 6.08 Å². The highest BCUT2D eigenvalue weighted by molar-refractivity contribution is 5.33. The van der Waals surface area contributed by atoms with Crippen LogP contribution in [0.1, 0.15) is 0 Å². The number of isocyanates is 1. The van der Waals surface area contributed by atoms with Crippen LogP contribution in [0, 0.1) is 0 Å². The molecule has 0 saturated carbocycles. The van der Waals surface area contributed by atoms with Crippen molar-refractivity contribution in [2.45, 2.75) is 0 Å². The predicted molar refractivity (Wildman–Crippen MR) is 24.8 cm³/mol. The van der Waals surface area contributed by atoms with Gasteiger partial charge in [-0.15, -0.1) is 0 Å². The first-order valence-electron chi connectivity index (χ1n) is 1.74. The second kappa shape index (κ2) is 4.92. The van der Waals surface area contributed by atoms with Gasteiger partial charge in [0.05, 0.1) is 12.8 Å². The number of aliphatic imine (C=N–C) groups is 1. The van der Waals surface area contributed by atoms with Gasteiger partial charge in [-0.2, -0.15) is 0 Å². The Morgan fingerprint density at radius 1 is 1.86 bits per heavy atom. The molecule has 1 N–H and O–H groups in total. The third kappa shape index (κ3) is 4.92. The van der Waals surface area contributed by atoms with Gasteiger partial charge in [0.1, 0.15) is 0 Å². The number of nitrogens with zero attached hydrogens (tertiary/aromatic N) is 1. The van der Waals surface area contributed by atoms with Crippen molar-refractivity contribution in [1.29, 1.82) is 0 Å². The summed E-state index contributed by atoms with van der Waals surface area (Å²) in [5, 5.41) is 7.92. The van der Waals surface area contributed by atoms with E-state index in [4.69, 9.17) is 5.11 Å². The molecule has 0 spiro atoms. The number of rotatable bonds is 2. The largest absolute Gasteiger partial charge is 0.516 e. The highest BCUT2D eigenvalue weighted by Crippen LogP contribution is 1.66. The molecule has 0 saturated heterocycles. The van der Waals surface area contributed by atoms with Gasteiger partial charge in [0, 0.05) is 0 Å². The van der Waals surface area contributed by atoms with Gasteiger partial charge in [-0.05, 0) is 6.08 Å². The van der Waals surface area contributed by atoms with Crippen LogP contribution in [-0.4, -0.2) is 17.7 Å². The zero-order valence-electron chi connectivity index (χ0n) is 3.66. The van der Waals surface area contributed by atoms with E-state index in [1.807, 2.05) is 0 Å². The summed E-state index contributed by atoms with van der Waals surface area (Å²) in [7, 11) is 0. The minimum absolute atomic E-state index is 0.208. The molecule has 7 heavy (non-hydrogen) atoms. The van der Waals surface area contributed by atoms with Gasteiger partial charge >= 0.3 is 0 Å². The zero-order valence-corrected chi connectivity index (χ0v) is 3.66. The molecule has 3 heteroatoms. The monoisotopic (exact) mass is 99.0 g/mol. The molecule has 0 unspecified atom stereocenters. The van der Waals surface area contributed by atoms with Crippen LogP contribution in [0.4, 0.5) is 0 Å². The Labute approximate surface area is 41.0 Å². The molecule has 38 valence electrons. The van der Waals surface area contributed by atoms with Crippen molar-refractivity contribution in [2.24, 2.45) is 4.99 Å². The van der Waals surface area contributed by atoms with Gasteiger partial charge in [0.15, 0.2) is 0 Å². The molecule has 0 aromatic heterocycles. The van der Waals surface area contributed by atoms with Crippen molar-refractivity contribution in [3.8, 4) is 0 Å². The Kier molecular flexibility index (Phi) is 4.16. The molecule has 0 amide bonds. The molecule has 0 aromatic carbocycles. The first-order chi connectivity index (χ1) is 3.41. The summed E-state index contributed by atoms with van der Waals surface area (Å²) in [6, 6.07) is 0. The normalized spacial score (nSPS) is 8.57. The van der Waals surface area contributed by atoms with Crippen LogP contribution in [0.3, 0.4) is 0 Å². The molecular weight excluding hydrogens is 94.0 g/mol. The number of carbonyl (C=O) groups excluding carboxylic acids is 1. The second-order valence-corrected chi connectivity index (χ2v) is 0.817. The lowest BCUT2D eigenvalue weighted by Crippen LogP contribution is -1.66. The van der Waals surface area contributed by atoms with E-state index in [0.717, 1.165) is 6.26 Å². The maximum Gasteiger partial charge on any atom is 0.235 e. The van der Waals surface area contributed by atoms with Crippen molar-refractivity contribution < 1.29 is 9.90 Å². The SMILES string of the molecule is O=C=NCC=CO. The zero-order chi connectivity index (χ0) is 5.54. The fraction of sp³-hybridized carbons (Fsp3) is 0.250. The number of hydrogen-bond donors (Lipinski definition) is 1. The Morgan fingerprint density at radius 3 is 3.00 bits per heavy atom. The quantitative estimate of drug-likeness (QED) is 0.309. The minimum Gasteiger partial charge on any atom is -0.516 e. The Morgan fingerprint density at radius 2 is 2.57 bits per heavy atom. The van der Waals surface area contributed by atoms with Crippen LogP contribution in [0.5, 0.6) is 0 Å². The molecule has 0 atom stereocenters. The van der Waals surface area contributed by atoms with Gasteiger partial charge in [0.2, 0.25) is 6.08 Å². The number of hydrogen-bond acceptors (Lipinski definition) is 3. The summed E-state index contributed by atoms with van der Waals surface area (Å²) in [6.07, 6.45) is 3.49. The predicted octanol–water partition coefficient (Wildman–Crippen LogP) is 0.394. The first kappa shape index (κ1) is 5.92. The van der Waals surface area contributed by atoms with Crippen molar-refractivity contribution in [3.05, 3.63) is 12.3 Å². The maximum absolute atomic E-state index is 9.27. The van der Waals surface area contributed by atoms with Crippen LogP contribution in [0.2, 0.25) is 0 Å². The highest BCUT2D eigenvalue weighted by Gasteiger charge is 1.63. The standard InChI is InChI=1S/C4H5NO2/c6-3-1-2-5-4-7/h1,3,6H,2H2. The van der Waals surface area contributed by atoms with Gasteiger partial charge in [-0.25, -0.2) is 9.79 Å². The lowest BCUT2D eigenvalue weighted by Gasteiger charge is -1.69. The number of aliphatic hydroxyl groups is 1. The Hall–Kier alpha value is -1.08. The van der Waals surface area contributed by atoms with Gasteiger partial charge < -0.3 is 5.11 Å². The average Bonchev–Trinajstić information content (AvgIpc) is 1.69. The maximum atomic E-state index is 9.27. The lowest BCUT2D eigenvalue weighted by atomic mass is 10.6. The highest BCUT2D eigenvalue weighted by atomic mass is 16.2. The molecule has 0 bridgehead atoms. The second-order valence-electron chi connectivity index (χ2n) is 0.817. The molecule has 0 aliphatic carbocycles. The summed E-state index contributed by atoms with van der Waals surface area (Å²) in [4.78, 5) is 12.4. The number of aliphatic hydroxyl groups excluding tert-OH is 1. The molecule has 3 nitrogen and oxygen atoms in total. The van der Waals surface area contributed by atoms with Crippen LogP contribution < -0.4 is 0 Å². The third-order valence-corrected chi connectivity index (χ3v) is 0.367. The van der Waals surface area contributed by atoms with E-state index in [0.29, 0.717) is 0 Å². The van der Waals surface area contributed by atoms with Gasteiger partial charge in [-0.1, -0.05) is 0 Å². The summed E-state index contributed by atoms with van der Waals surface area (Å²) < 4.78 is 0. The first-order valence-corrected chi connectivity index (χ1v) is 1.74. The fourth-order valence-corrected chi connectivity index (χ4v) is 0.137. The van der Waals surface area contributed by atoms with E-state index in [1.165, 1.54) is 12.2 Å². The molecular formula is C4H5NO2. The Balaban J connectivity index is 3.15. The van der Waals surface area contributed by atoms with Gasteiger partial charge in [-0.3, -0.25) is 0 Å². The van der Waals surface area contributed by atoms with E-state index >= 15 is 0 Å². The van der Waals surface area contributed by atoms with Crippen molar-refractivity contribution in [3.63, 3.8) is 0 Å². The lowest BCUT2D eigenvalue weighted by molar-refractivity contribution is 0.472. The van der Waals surface area contributed by atoms with Crippen LogP contribution >= 0.6 is 0 Å². The Bertz CT molecular complexity index is 102. The van der Waals surface area contributed by atoms with Gasteiger partial charge in [0.25, 0.3) is 0 Å². The average molecular weight is 99.1 g/mol. The third-order valence-electron chi connectivity index (χ3n) is 0.367. The molecule has 0 rings (SSSR count). The molecule has 0 heterocycles.